The maximum Gasteiger partial charge on any atom is 0.267 e. The van der Waals surface area contributed by atoms with Gasteiger partial charge in [0.25, 0.3) is 5.91 Å². The Labute approximate surface area is 141 Å². The smallest absolute Gasteiger partial charge is 0.267 e. The molecule has 0 bridgehead atoms. The average molecular weight is 329 g/mol. The maximum absolute atomic E-state index is 12.2. The molecule has 2 aliphatic rings. The first kappa shape index (κ1) is 16.0. The van der Waals surface area contributed by atoms with Crippen molar-refractivity contribution in [3.63, 3.8) is 0 Å². The largest absolute Gasteiger partial charge is 0.366 e. The first-order valence-corrected chi connectivity index (χ1v) is 8.93. The van der Waals surface area contributed by atoms with Gasteiger partial charge in [0.15, 0.2) is 0 Å². The Balaban J connectivity index is 1.43. The van der Waals surface area contributed by atoms with Crippen molar-refractivity contribution in [2.45, 2.75) is 6.42 Å². The fourth-order valence-electron chi connectivity index (χ4n) is 2.87. The number of amides is 1. The van der Waals surface area contributed by atoms with Gasteiger partial charge in [-0.05, 0) is 29.5 Å². The monoisotopic (exact) mass is 329 g/mol. The van der Waals surface area contributed by atoms with E-state index < -0.39 is 0 Å². The van der Waals surface area contributed by atoms with Gasteiger partial charge in [0.1, 0.15) is 5.70 Å². The van der Waals surface area contributed by atoms with Crippen LogP contribution in [0.5, 0.6) is 0 Å². The molecule has 1 N–H and O–H groups in total. The van der Waals surface area contributed by atoms with Crippen molar-refractivity contribution in [2.75, 3.05) is 39.8 Å². The summed E-state index contributed by atoms with van der Waals surface area (Å²) in [5, 5.41) is 5.15. The van der Waals surface area contributed by atoms with Gasteiger partial charge in [-0.1, -0.05) is 24.3 Å². The molecular weight excluding hydrogens is 306 g/mol. The van der Waals surface area contributed by atoms with Crippen molar-refractivity contribution in [3.05, 3.63) is 52.4 Å². The van der Waals surface area contributed by atoms with Crippen molar-refractivity contribution in [3.8, 4) is 0 Å². The molecule has 1 amide bonds. The molecule has 4 nitrogen and oxygen atoms in total. The first-order chi connectivity index (χ1) is 11.2. The quantitative estimate of drug-likeness (QED) is 0.901. The van der Waals surface area contributed by atoms with Crippen LogP contribution in [0.1, 0.15) is 11.3 Å². The van der Waals surface area contributed by atoms with Gasteiger partial charge in [-0.2, -0.15) is 0 Å². The first-order valence-electron chi connectivity index (χ1n) is 8.05. The molecule has 0 spiro atoms. The number of nitrogens with zero attached hydrogens (tertiary/aromatic N) is 2. The molecule has 0 saturated carbocycles. The Kier molecular flexibility index (Phi) is 5.31. The van der Waals surface area contributed by atoms with E-state index >= 15 is 0 Å². The predicted molar refractivity (Wildman–Crippen MR) is 96.2 cm³/mol. The molecule has 122 valence electrons. The molecule has 3 heterocycles. The van der Waals surface area contributed by atoms with Gasteiger partial charge in [-0.15, -0.1) is 11.3 Å². The van der Waals surface area contributed by atoms with Crippen LogP contribution in [0.25, 0.3) is 5.57 Å². The van der Waals surface area contributed by atoms with Gasteiger partial charge < -0.3 is 10.2 Å². The fraction of sp³-hybridized carbons (Fsp3) is 0.389. The minimum atomic E-state index is 0.0173. The van der Waals surface area contributed by atoms with E-state index in [0.29, 0.717) is 6.54 Å². The maximum atomic E-state index is 12.2. The summed E-state index contributed by atoms with van der Waals surface area (Å²) < 4.78 is 0. The zero-order valence-electron chi connectivity index (χ0n) is 13.5. The van der Waals surface area contributed by atoms with E-state index in [9.17, 15) is 4.79 Å². The minimum Gasteiger partial charge on any atom is -0.366 e. The highest BCUT2D eigenvalue weighted by Crippen LogP contribution is 2.25. The van der Waals surface area contributed by atoms with E-state index in [1.165, 1.54) is 10.5 Å². The zero-order chi connectivity index (χ0) is 16.1. The Morgan fingerprint density at radius 3 is 3.00 bits per heavy atom. The van der Waals surface area contributed by atoms with Gasteiger partial charge in [-0.3, -0.25) is 9.69 Å². The predicted octanol–water partition coefficient (Wildman–Crippen LogP) is 2.34. The van der Waals surface area contributed by atoms with Crippen LogP contribution >= 0.6 is 11.3 Å². The lowest BCUT2D eigenvalue weighted by Crippen LogP contribution is -2.40. The summed E-state index contributed by atoms with van der Waals surface area (Å²) in [4.78, 5) is 17.9. The number of rotatable bonds is 5. The third kappa shape index (κ3) is 4.12. The normalized spacial score (nSPS) is 18.6. The van der Waals surface area contributed by atoms with Crippen molar-refractivity contribution in [1.82, 2.24) is 15.1 Å². The van der Waals surface area contributed by atoms with Gasteiger partial charge >= 0.3 is 0 Å². The SMILES string of the molecule is CN1CC=CC=C1C(=O)NCCN1CC=C(c2cccs2)CC1. The molecule has 0 aromatic carbocycles. The molecule has 0 fully saturated rings. The number of nitrogens with one attached hydrogen (secondary N) is 1. The van der Waals surface area contributed by atoms with Crippen LogP contribution in [0.15, 0.2) is 47.5 Å². The van der Waals surface area contributed by atoms with Gasteiger partial charge in [0, 0.05) is 44.6 Å². The summed E-state index contributed by atoms with van der Waals surface area (Å²) in [6, 6.07) is 4.30. The Bertz CT molecular complexity index is 631. The van der Waals surface area contributed by atoms with E-state index in [4.69, 9.17) is 0 Å². The Morgan fingerprint density at radius 1 is 1.39 bits per heavy atom. The number of likely N-dealkylation sites (N-methyl/N-ethyl adjacent to an activating group) is 1. The zero-order valence-corrected chi connectivity index (χ0v) is 14.3. The minimum absolute atomic E-state index is 0.0173. The summed E-state index contributed by atoms with van der Waals surface area (Å²) in [6.07, 6.45) is 9.26. The second kappa shape index (κ2) is 7.62. The van der Waals surface area contributed by atoms with E-state index in [-0.39, 0.29) is 5.91 Å². The van der Waals surface area contributed by atoms with Crippen molar-refractivity contribution >= 4 is 22.8 Å². The molecule has 0 aliphatic carbocycles. The van der Waals surface area contributed by atoms with Crippen LogP contribution < -0.4 is 5.32 Å². The molecule has 0 atom stereocenters. The van der Waals surface area contributed by atoms with Crippen LogP contribution in [-0.4, -0.2) is 55.5 Å². The Morgan fingerprint density at radius 2 is 2.30 bits per heavy atom. The number of thiophene rings is 1. The Hall–Kier alpha value is -1.85. The number of hydrogen-bond acceptors (Lipinski definition) is 4. The molecular formula is C18H23N3OS. The van der Waals surface area contributed by atoms with E-state index in [2.05, 4.69) is 33.8 Å². The topological polar surface area (TPSA) is 35.6 Å². The molecule has 3 rings (SSSR count). The third-order valence-corrected chi connectivity index (χ3v) is 5.20. The third-order valence-electron chi connectivity index (χ3n) is 4.26. The average Bonchev–Trinajstić information content (AvgIpc) is 3.10. The number of carbonyl (C=O) groups is 1. The highest BCUT2D eigenvalue weighted by atomic mass is 32.1. The van der Waals surface area contributed by atoms with Crippen LogP contribution in [0, 0.1) is 0 Å². The summed E-state index contributed by atoms with van der Waals surface area (Å²) >= 11 is 1.81. The molecule has 0 radical (unpaired) electrons. The number of carbonyl (C=O) groups excluding carboxylic acids is 1. The molecule has 0 saturated heterocycles. The summed E-state index contributed by atoms with van der Waals surface area (Å²) in [6.45, 7) is 4.41. The van der Waals surface area contributed by atoms with E-state index in [1.54, 1.807) is 0 Å². The molecule has 1 aromatic rings. The molecule has 1 aromatic heterocycles. The summed E-state index contributed by atoms with van der Waals surface area (Å²) in [5.41, 5.74) is 2.20. The lowest BCUT2D eigenvalue weighted by Gasteiger charge is -2.27. The van der Waals surface area contributed by atoms with Crippen LogP contribution in [-0.2, 0) is 4.79 Å². The second-order valence-electron chi connectivity index (χ2n) is 5.87. The number of allylic oxidation sites excluding steroid dienone is 2. The standard InChI is InChI=1S/C18H23N3OS/c1-20-10-3-2-5-16(20)18(22)19-9-13-21-11-7-15(8-12-21)17-6-4-14-23-17/h2-7,14H,8-13H2,1H3,(H,19,22). The van der Waals surface area contributed by atoms with E-state index in [0.717, 1.165) is 38.3 Å². The van der Waals surface area contributed by atoms with Crippen molar-refractivity contribution < 1.29 is 4.79 Å². The molecule has 23 heavy (non-hydrogen) atoms. The summed E-state index contributed by atoms with van der Waals surface area (Å²) in [7, 11) is 1.94. The fourth-order valence-corrected chi connectivity index (χ4v) is 3.67. The van der Waals surface area contributed by atoms with Crippen LogP contribution in [0.2, 0.25) is 0 Å². The molecule has 2 aliphatic heterocycles. The van der Waals surface area contributed by atoms with Gasteiger partial charge in [-0.25, -0.2) is 0 Å². The molecule has 5 heteroatoms. The molecule has 0 unspecified atom stereocenters. The van der Waals surface area contributed by atoms with E-state index in [1.807, 2.05) is 41.5 Å². The van der Waals surface area contributed by atoms with Crippen LogP contribution in [0.4, 0.5) is 0 Å². The highest BCUT2D eigenvalue weighted by Gasteiger charge is 2.16. The van der Waals surface area contributed by atoms with Crippen molar-refractivity contribution in [1.29, 1.82) is 0 Å². The lowest BCUT2D eigenvalue weighted by atomic mass is 10.1. The second-order valence-corrected chi connectivity index (χ2v) is 6.82. The number of hydrogen-bond donors (Lipinski definition) is 1. The lowest BCUT2D eigenvalue weighted by molar-refractivity contribution is -0.118. The van der Waals surface area contributed by atoms with Gasteiger partial charge in [0.05, 0.1) is 0 Å². The van der Waals surface area contributed by atoms with Crippen molar-refractivity contribution in [2.24, 2.45) is 0 Å². The van der Waals surface area contributed by atoms with Gasteiger partial charge in [0.2, 0.25) is 0 Å². The highest BCUT2D eigenvalue weighted by molar-refractivity contribution is 7.11. The van der Waals surface area contributed by atoms with Crippen LogP contribution in [0.3, 0.4) is 0 Å². The summed E-state index contributed by atoms with van der Waals surface area (Å²) in [5.74, 6) is 0.0173.